The largest absolute Gasteiger partial charge is 0.377 e. The van der Waals surface area contributed by atoms with Crippen molar-refractivity contribution in [2.75, 3.05) is 6.61 Å². The lowest BCUT2D eigenvalue weighted by Crippen LogP contribution is -2.11. The van der Waals surface area contributed by atoms with Gasteiger partial charge in [-0.1, -0.05) is 67.6 Å². The monoisotopic (exact) mass is 348 g/mol. The van der Waals surface area contributed by atoms with Gasteiger partial charge in [0.05, 0.1) is 6.61 Å². The summed E-state index contributed by atoms with van der Waals surface area (Å²) >= 11 is 0. The minimum absolute atomic E-state index is 0.700. The van der Waals surface area contributed by atoms with Crippen molar-refractivity contribution < 1.29 is 4.74 Å². The van der Waals surface area contributed by atoms with Gasteiger partial charge in [0.25, 0.3) is 0 Å². The van der Waals surface area contributed by atoms with Crippen molar-refractivity contribution in [1.29, 1.82) is 0 Å². The van der Waals surface area contributed by atoms with Crippen LogP contribution in [0.5, 0.6) is 0 Å². The third kappa shape index (κ3) is 5.08. The molecular formula is C25H32O. The van der Waals surface area contributed by atoms with E-state index in [-0.39, 0.29) is 0 Å². The molecule has 0 bridgehead atoms. The Kier molecular flexibility index (Phi) is 7.08. The predicted molar refractivity (Wildman–Crippen MR) is 111 cm³/mol. The molecule has 138 valence electrons. The molecule has 0 spiro atoms. The third-order valence-electron chi connectivity index (χ3n) is 5.56. The molecule has 0 amide bonds. The molecule has 2 aromatic rings. The van der Waals surface area contributed by atoms with Gasteiger partial charge in [-0.15, -0.1) is 0 Å². The number of allylic oxidation sites excluding steroid dienone is 2. The van der Waals surface area contributed by atoms with Gasteiger partial charge in [-0.3, -0.25) is 0 Å². The number of ether oxygens (including phenoxy) is 1. The van der Waals surface area contributed by atoms with E-state index in [1.807, 2.05) is 6.92 Å². The topological polar surface area (TPSA) is 9.23 Å². The molecule has 1 saturated carbocycles. The van der Waals surface area contributed by atoms with Gasteiger partial charge in [0.15, 0.2) is 0 Å². The summed E-state index contributed by atoms with van der Waals surface area (Å²) in [7, 11) is 0. The van der Waals surface area contributed by atoms with Crippen LogP contribution in [0, 0.1) is 5.92 Å². The van der Waals surface area contributed by atoms with Gasteiger partial charge in [-0.25, -0.2) is 0 Å². The second-order valence-electron chi connectivity index (χ2n) is 7.40. The molecule has 26 heavy (non-hydrogen) atoms. The molecule has 0 N–H and O–H groups in total. The Labute approximate surface area is 159 Å². The minimum atomic E-state index is 0.700. The Morgan fingerprint density at radius 3 is 2.04 bits per heavy atom. The van der Waals surface area contributed by atoms with Crippen LogP contribution in [0.25, 0.3) is 11.1 Å². The fraction of sp³-hybridized carbons (Fsp3) is 0.440. The zero-order valence-electron chi connectivity index (χ0n) is 16.3. The molecule has 1 fully saturated rings. The highest BCUT2D eigenvalue weighted by Crippen LogP contribution is 2.37. The van der Waals surface area contributed by atoms with Gasteiger partial charge in [0, 0.05) is 6.61 Å². The average Bonchev–Trinajstić information content (AvgIpc) is 2.72. The fourth-order valence-electron chi connectivity index (χ4n) is 3.93. The zero-order chi connectivity index (χ0) is 18.2. The maximum absolute atomic E-state index is 5.47. The maximum atomic E-state index is 5.47. The Bertz CT molecular complexity index is 673. The third-order valence-corrected chi connectivity index (χ3v) is 5.56. The van der Waals surface area contributed by atoms with Crippen LogP contribution >= 0.6 is 0 Å². The highest BCUT2D eigenvalue weighted by molar-refractivity contribution is 5.64. The van der Waals surface area contributed by atoms with Crippen LogP contribution in [-0.4, -0.2) is 6.61 Å². The Hall–Kier alpha value is -1.86. The van der Waals surface area contributed by atoms with Crippen molar-refractivity contribution in [2.45, 2.75) is 58.5 Å². The Morgan fingerprint density at radius 2 is 1.46 bits per heavy atom. The van der Waals surface area contributed by atoms with Crippen LogP contribution < -0.4 is 0 Å². The van der Waals surface area contributed by atoms with Gasteiger partial charge < -0.3 is 4.74 Å². The molecule has 1 nitrogen and oxygen atoms in total. The van der Waals surface area contributed by atoms with Crippen LogP contribution in [-0.2, 0) is 11.3 Å². The molecule has 0 radical (unpaired) electrons. The second kappa shape index (κ2) is 9.73. The molecule has 3 rings (SSSR count). The van der Waals surface area contributed by atoms with E-state index in [1.165, 1.54) is 47.9 Å². The van der Waals surface area contributed by atoms with Crippen molar-refractivity contribution in [3.8, 4) is 11.1 Å². The summed E-state index contributed by atoms with van der Waals surface area (Å²) < 4.78 is 5.47. The van der Waals surface area contributed by atoms with Crippen molar-refractivity contribution in [1.82, 2.24) is 0 Å². The van der Waals surface area contributed by atoms with E-state index in [1.54, 1.807) is 0 Å². The van der Waals surface area contributed by atoms with Gasteiger partial charge in [0.2, 0.25) is 0 Å². The molecule has 0 aliphatic heterocycles. The van der Waals surface area contributed by atoms with Crippen molar-refractivity contribution >= 4 is 0 Å². The molecule has 0 saturated heterocycles. The number of rotatable bonds is 7. The first-order valence-electron chi connectivity index (χ1n) is 10.2. The van der Waals surface area contributed by atoms with E-state index in [0.29, 0.717) is 6.61 Å². The summed E-state index contributed by atoms with van der Waals surface area (Å²) in [6, 6.07) is 18.0. The first-order valence-corrected chi connectivity index (χ1v) is 10.2. The number of hydrogen-bond donors (Lipinski definition) is 0. The van der Waals surface area contributed by atoms with E-state index >= 15 is 0 Å². The number of benzene rings is 2. The molecule has 1 aliphatic carbocycles. The van der Waals surface area contributed by atoms with Crippen molar-refractivity contribution in [3.05, 3.63) is 71.8 Å². The Morgan fingerprint density at radius 1 is 0.846 bits per heavy atom. The lowest BCUT2D eigenvalue weighted by molar-refractivity contribution is 0.134. The average molecular weight is 349 g/mol. The predicted octanol–water partition coefficient (Wildman–Crippen LogP) is 7.13. The molecule has 0 atom stereocenters. The van der Waals surface area contributed by atoms with Crippen molar-refractivity contribution in [2.24, 2.45) is 5.92 Å². The fourth-order valence-corrected chi connectivity index (χ4v) is 3.93. The normalized spacial score (nSPS) is 20.5. The standard InChI is InChI=1S/C25H32O/c1-3-5-6-20-7-11-22(12-8-20)24-15-17-25(18-16-24)23-13-9-21(10-14-23)19-26-4-2/h5-6,9-10,13-18,20,22H,3-4,7-8,11-12,19H2,1-2H3. The second-order valence-corrected chi connectivity index (χ2v) is 7.40. The zero-order valence-corrected chi connectivity index (χ0v) is 16.3. The summed E-state index contributed by atoms with van der Waals surface area (Å²) in [5.74, 6) is 1.55. The Balaban J connectivity index is 1.59. The van der Waals surface area contributed by atoms with E-state index in [9.17, 15) is 0 Å². The van der Waals surface area contributed by atoms with Crippen molar-refractivity contribution in [3.63, 3.8) is 0 Å². The van der Waals surface area contributed by atoms with Crippen LogP contribution in [0.2, 0.25) is 0 Å². The lowest BCUT2D eigenvalue weighted by atomic mass is 9.78. The summed E-state index contributed by atoms with van der Waals surface area (Å²) in [6.45, 7) is 5.71. The summed E-state index contributed by atoms with van der Waals surface area (Å²) in [5.41, 5.74) is 5.34. The van der Waals surface area contributed by atoms with Gasteiger partial charge in [-0.2, -0.15) is 0 Å². The summed E-state index contributed by atoms with van der Waals surface area (Å²) in [6.07, 6.45) is 11.3. The molecule has 0 unspecified atom stereocenters. The summed E-state index contributed by atoms with van der Waals surface area (Å²) in [4.78, 5) is 0. The quantitative estimate of drug-likeness (QED) is 0.484. The van der Waals surface area contributed by atoms with Gasteiger partial charge >= 0.3 is 0 Å². The van der Waals surface area contributed by atoms with E-state index in [4.69, 9.17) is 4.74 Å². The highest BCUT2D eigenvalue weighted by atomic mass is 16.5. The van der Waals surface area contributed by atoms with E-state index < -0.39 is 0 Å². The molecular weight excluding hydrogens is 316 g/mol. The maximum Gasteiger partial charge on any atom is 0.0716 e. The van der Waals surface area contributed by atoms with Crippen LogP contribution in [0.3, 0.4) is 0 Å². The lowest BCUT2D eigenvalue weighted by Gasteiger charge is -2.27. The van der Waals surface area contributed by atoms with Crippen LogP contribution in [0.15, 0.2) is 60.7 Å². The van der Waals surface area contributed by atoms with Crippen LogP contribution in [0.4, 0.5) is 0 Å². The smallest absolute Gasteiger partial charge is 0.0716 e. The molecule has 1 aliphatic rings. The first kappa shape index (κ1) is 18.9. The number of hydrogen-bond acceptors (Lipinski definition) is 1. The van der Waals surface area contributed by atoms with E-state index in [0.717, 1.165) is 24.9 Å². The van der Waals surface area contributed by atoms with Crippen LogP contribution in [0.1, 0.15) is 63.0 Å². The first-order chi connectivity index (χ1) is 12.8. The van der Waals surface area contributed by atoms with E-state index in [2.05, 4.69) is 67.6 Å². The molecule has 0 aromatic heterocycles. The van der Waals surface area contributed by atoms with Gasteiger partial charge in [0.1, 0.15) is 0 Å². The highest BCUT2D eigenvalue weighted by Gasteiger charge is 2.20. The summed E-state index contributed by atoms with van der Waals surface area (Å²) in [5, 5.41) is 0. The molecule has 2 aromatic carbocycles. The minimum Gasteiger partial charge on any atom is -0.377 e. The SMILES string of the molecule is CCC=CC1CCC(c2ccc(-c3ccc(COCC)cc3)cc2)CC1. The van der Waals surface area contributed by atoms with Gasteiger partial charge in [-0.05, 0) is 73.1 Å². The molecule has 1 heteroatoms. The molecule has 0 heterocycles.